The van der Waals surface area contributed by atoms with Gasteiger partial charge in [-0.3, -0.25) is 9.59 Å². The van der Waals surface area contributed by atoms with Gasteiger partial charge in [0.05, 0.1) is 6.42 Å². The van der Waals surface area contributed by atoms with Crippen molar-refractivity contribution in [3.63, 3.8) is 0 Å². The van der Waals surface area contributed by atoms with Crippen molar-refractivity contribution in [1.82, 2.24) is 10.2 Å². The molecule has 0 heterocycles. The number of rotatable bonds is 8. The van der Waals surface area contributed by atoms with Crippen molar-refractivity contribution in [3.05, 3.63) is 105 Å². The molecule has 3 aromatic carbocycles. The summed E-state index contributed by atoms with van der Waals surface area (Å²) in [5.41, 5.74) is 1.39. The summed E-state index contributed by atoms with van der Waals surface area (Å²) in [7, 11) is 0. The van der Waals surface area contributed by atoms with Gasteiger partial charge in [-0.1, -0.05) is 76.1 Å². The molecule has 0 saturated heterocycles. The predicted molar refractivity (Wildman–Crippen MR) is 142 cm³/mol. The molecule has 0 bridgehead atoms. The van der Waals surface area contributed by atoms with E-state index in [0.29, 0.717) is 6.42 Å². The maximum atomic E-state index is 14.5. The van der Waals surface area contributed by atoms with Gasteiger partial charge in [-0.05, 0) is 56.2 Å². The summed E-state index contributed by atoms with van der Waals surface area (Å²) in [5, 5.41) is 3.20. The second-order valence-electron chi connectivity index (χ2n) is 9.47. The first-order valence-corrected chi connectivity index (χ1v) is 12.5. The van der Waals surface area contributed by atoms with Crippen LogP contribution in [-0.4, -0.2) is 28.3 Å². The Morgan fingerprint density at radius 2 is 1.63 bits per heavy atom. The lowest BCUT2D eigenvalue weighted by Crippen LogP contribution is -2.54. The quantitative estimate of drug-likeness (QED) is 0.350. The first-order chi connectivity index (χ1) is 16.5. The molecule has 3 rings (SSSR count). The highest BCUT2D eigenvalue weighted by Gasteiger charge is 2.32. The van der Waals surface area contributed by atoms with Crippen LogP contribution in [0.15, 0.2) is 77.3 Å². The molecule has 0 saturated carbocycles. The molecule has 0 spiro atoms. The first-order valence-electron chi connectivity index (χ1n) is 11.4. The van der Waals surface area contributed by atoms with Crippen LogP contribution in [-0.2, 0) is 29.0 Å². The average Bonchev–Trinajstić information content (AvgIpc) is 2.79. The third kappa shape index (κ3) is 7.91. The minimum Gasteiger partial charge on any atom is -0.350 e. The molecular formula is C28H29BrClFN2O2. The van der Waals surface area contributed by atoms with Crippen molar-refractivity contribution < 1.29 is 14.0 Å². The third-order valence-electron chi connectivity index (χ3n) is 5.43. The summed E-state index contributed by atoms with van der Waals surface area (Å²) < 4.78 is 15.4. The number of amides is 2. The van der Waals surface area contributed by atoms with Crippen LogP contribution < -0.4 is 5.32 Å². The van der Waals surface area contributed by atoms with Gasteiger partial charge in [-0.2, -0.15) is 0 Å². The van der Waals surface area contributed by atoms with E-state index in [-0.39, 0.29) is 35.4 Å². The van der Waals surface area contributed by atoms with Crippen LogP contribution in [0.4, 0.5) is 4.39 Å². The van der Waals surface area contributed by atoms with Gasteiger partial charge in [-0.25, -0.2) is 4.39 Å². The highest BCUT2D eigenvalue weighted by atomic mass is 79.9. The summed E-state index contributed by atoms with van der Waals surface area (Å²) in [4.78, 5) is 28.8. The van der Waals surface area contributed by atoms with Crippen molar-refractivity contribution in [2.24, 2.45) is 0 Å². The largest absolute Gasteiger partial charge is 0.350 e. The maximum absolute atomic E-state index is 14.5. The van der Waals surface area contributed by atoms with Gasteiger partial charge in [-0.15, -0.1) is 0 Å². The van der Waals surface area contributed by atoms with Gasteiger partial charge in [0.15, 0.2) is 0 Å². The molecule has 1 N–H and O–H groups in total. The monoisotopic (exact) mass is 558 g/mol. The van der Waals surface area contributed by atoms with Gasteiger partial charge in [0.2, 0.25) is 11.8 Å². The normalized spacial score (nSPS) is 12.2. The van der Waals surface area contributed by atoms with Crippen LogP contribution in [0.25, 0.3) is 0 Å². The van der Waals surface area contributed by atoms with E-state index in [9.17, 15) is 14.0 Å². The Balaban J connectivity index is 2.02. The van der Waals surface area contributed by atoms with Crippen LogP contribution in [0.2, 0.25) is 5.02 Å². The smallest absolute Gasteiger partial charge is 0.243 e. The fourth-order valence-corrected chi connectivity index (χ4v) is 4.24. The SMILES string of the molecule is CC(C)(C)NC(=O)[C@@H](Cc1ccccc1)N(Cc1ccc(Br)cc1)C(=O)Cc1c(F)cccc1Cl. The highest BCUT2D eigenvalue weighted by Crippen LogP contribution is 2.23. The van der Waals surface area contributed by atoms with E-state index < -0.39 is 17.4 Å². The van der Waals surface area contributed by atoms with Crippen molar-refractivity contribution in [2.45, 2.75) is 51.7 Å². The first kappa shape index (κ1) is 26.9. The minimum absolute atomic E-state index is 0.120. The second-order valence-corrected chi connectivity index (χ2v) is 10.8. The summed E-state index contributed by atoms with van der Waals surface area (Å²) in [6.45, 7) is 5.87. The number of benzene rings is 3. The van der Waals surface area contributed by atoms with E-state index in [1.807, 2.05) is 75.4 Å². The number of nitrogens with one attached hydrogen (secondary N) is 1. The molecule has 0 aromatic heterocycles. The van der Waals surface area contributed by atoms with E-state index in [1.54, 1.807) is 6.07 Å². The summed E-state index contributed by atoms with van der Waals surface area (Å²) in [6.07, 6.45) is 0.0617. The zero-order chi connectivity index (χ0) is 25.6. The zero-order valence-corrected chi connectivity index (χ0v) is 22.4. The Hall–Kier alpha value is -2.70. The van der Waals surface area contributed by atoms with Crippen LogP contribution in [0, 0.1) is 5.82 Å². The molecule has 0 aliphatic rings. The van der Waals surface area contributed by atoms with Crippen molar-refractivity contribution >= 4 is 39.3 Å². The molecule has 7 heteroatoms. The molecule has 1 atom stereocenters. The number of halogens is 3. The molecule has 35 heavy (non-hydrogen) atoms. The minimum atomic E-state index is -0.807. The van der Waals surface area contributed by atoms with Crippen molar-refractivity contribution in [1.29, 1.82) is 0 Å². The Morgan fingerprint density at radius 1 is 0.971 bits per heavy atom. The lowest BCUT2D eigenvalue weighted by molar-refractivity contribution is -0.141. The van der Waals surface area contributed by atoms with E-state index >= 15 is 0 Å². The van der Waals surface area contributed by atoms with Gasteiger partial charge in [0, 0.05) is 33.6 Å². The topological polar surface area (TPSA) is 49.4 Å². The van der Waals surface area contributed by atoms with Gasteiger partial charge >= 0.3 is 0 Å². The summed E-state index contributed by atoms with van der Waals surface area (Å²) in [6, 6.07) is 20.6. The van der Waals surface area contributed by atoms with E-state index in [0.717, 1.165) is 15.6 Å². The number of hydrogen-bond acceptors (Lipinski definition) is 2. The predicted octanol–water partition coefficient (Wildman–Crippen LogP) is 6.34. The highest BCUT2D eigenvalue weighted by molar-refractivity contribution is 9.10. The van der Waals surface area contributed by atoms with Crippen LogP contribution in [0.5, 0.6) is 0 Å². The van der Waals surface area contributed by atoms with Gasteiger partial charge < -0.3 is 10.2 Å². The molecule has 0 aliphatic heterocycles. The van der Waals surface area contributed by atoms with Crippen LogP contribution in [0.1, 0.15) is 37.5 Å². The summed E-state index contributed by atoms with van der Waals surface area (Å²) in [5.74, 6) is -1.20. The molecule has 0 radical (unpaired) electrons. The molecular weight excluding hydrogens is 531 g/mol. The number of carbonyl (C=O) groups excluding carboxylic acids is 2. The van der Waals surface area contributed by atoms with Crippen molar-refractivity contribution in [3.8, 4) is 0 Å². The molecule has 4 nitrogen and oxygen atoms in total. The molecule has 0 aliphatic carbocycles. The molecule has 2 amide bonds. The number of nitrogens with zero attached hydrogens (tertiary/aromatic N) is 1. The lowest BCUT2D eigenvalue weighted by Gasteiger charge is -2.34. The van der Waals surface area contributed by atoms with Crippen LogP contribution >= 0.6 is 27.5 Å². The van der Waals surface area contributed by atoms with E-state index in [1.165, 1.54) is 17.0 Å². The standard InChI is InChI=1S/C28H29BrClFN2O2/c1-28(2,3)32-27(35)25(16-19-8-5-4-6-9-19)33(18-20-12-14-21(29)15-13-20)26(34)17-22-23(30)10-7-11-24(22)31/h4-15,25H,16-18H2,1-3H3,(H,32,35)/t25-/m1/s1. The fraction of sp³-hybridized carbons (Fsp3) is 0.286. The summed E-state index contributed by atoms with van der Waals surface area (Å²) >= 11 is 9.65. The van der Waals surface area contributed by atoms with Crippen molar-refractivity contribution in [2.75, 3.05) is 0 Å². The third-order valence-corrected chi connectivity index (χ3v) is 6.31. The molecule has 3 aromatic rings. The number of carbonyl (C=O) groups is 2. The average molecular weight is 560 g/mol. The van der Waals surface area contributed by atoms with Gasteiger partial charge in [0.25, 0.3) is 0 Å². The molecule has 184 valence electrons. The Bertz CT molecular complexity index is 1140. The lowest BCUT2D eigenvalue weighted by atomic mass is 9.99. The van der Waals surface area contributed by atoms with E-state index in [2.05, 4.69) is 21.2 Å². The molecule has 0 fully saturated rings. The Morgan fingerprint density at radius 3 is 2.23 bits per heavy atom. The van der Waals surface area contributed by atoms with Gasteiger partial charge in [0.1, 0.15) is 11.9 Å². The maximum Gasteiger partial charge on any atom is 0.243 e. The Kier molecular flexibility index (Phi) is 9.09. The fourth-order valence-electron chi connectivity index (χ4n) is 3.75. The second kappa shape index (κ2) is 11.8. The number of hydrogen-bond donors (Lipinski definition) is 1. The van der Waals surface area contributed by atoms with E-state index in [4.69, 9.17) is 11.6 Å². The van der Waals surface area contributed by atoms with Crippen LogP contribution in [0.3, 0.4) is 0 Å². The Labute approximate surface area is 219 Å². The zero-order valence-electron chi connectivity index (χ0n) is 20.0. The molecule has 0 unspecified atom stereocenters.